The highest BCUT2D eigenvalue weighted by molar-refractivity contribution is 5.15. The minimum Gasteiger partial charge on any atom is -0.349 e. The van der Waals surface area contributed by atoms with Crippen LogP contribution in [0.15, 0.2) is 30.3 Å². The van der Waals surface area contributed by atoms with Crippen molar-refractivity contribution in [3.8, 4) is 0 Å². The van der Waals surface area contributed by atoms with Gasteiger partial charge in [0.05, 0.1) is 12.2 Å². The van der Waals surface area contributed by atoms with Crippen molar-refractivity contribution >= 4 is 0 Å². The van der Waals surface area contributed by atoms with Crippen molar-refractivity contribution in [3.05, 3.63) is 35.9 Å². The maximum atomic E-state index is 5.74. The van der Waals surface area contributed by atoms with Gasteiger partial charge in [0, 0.05) is 6.42 Å². The molecule has 0 amide bonds. The molecule has 0 radical (unpaired) electrons. The topological polar surface area (TPSA) is 18.5 Å². The van der Waals surface area contributed by atoms with Crippen LogP contribution < -0.4 is 0 Å². The summed E-state index contributed by atoms with van der Waals surface area (Å²) in [5.74, 6) is 0. The molecule has 0 saturated carbocycles. The molecule has 2 unspecified atom stereocenters. The van der Waals surface area contributed by atoms with Gasteiger partial charge in [0.15, 0.2) is 6.29 Å². The predicted octanol–water partition coefficient (Wildman–Crippen LogP) is 2.77. The third-order valence-corrected chi connectivity index (χ3v) is 2.68. The zero-order valence-corrected chi connectivity index (χ0v) is 9.35. The van der Waals surface area contributed by atoms with Crippen LogP contribution >= 0.6 is 0 Å². The first-order chi connectivity index (χ1) is 7.24. The summed E-state index contributed by atoms with van der Waals surface area (Å²) in [7, 11) is 0. The molecule has 2 nitrogen and oxygen atoms in total. The summed E-state index contributed by atoms with van der Waals surface area (Å²) in [5.41, 5.74) is 1.27. The van der Waals surface area contributed by atoms with E-state index in [1.807, 2.05) is 18.2 Å². The van der Waals surface area contributed by atoms with Crippen molar-refractivity contribution in [2.24, 2.45) is 0 Å². The van der Waals surface area contributed by atoms with Crippen molar-refractivity contribution < 1.29 is 9.47 Å². The SMILES string of the molecule is CC1CC(C)OC(Cc2ccccc2)O1. The van der Waals surface area contributed by atoms with E-state index < -0.39 is 0 Å². The molecule has 0 aromatic heterocycles. The first kappa shape index (κ1) is 10.7. The molecule has 2 rings (SSSR count). The lowest BCUT2D eigenvalue weighted by Crippen LogP contribution is -2.36. The zero-order chi connectivity index (χ0) is 10.7. The van der Waals surface area contributed by atoms with Gasteiger partial charge in [-0.1, -0.05) is 30.3 Å². The molecular weight excluding hydrogens is 188 g/mol. The van der Waals surface area contributed by atoms with Crippen LogP contribution in [-0.2, 0) is 15.9 Å². The Morgan fingerprint density at radius 2 is 1.67 bits per heavy atom. The normalized spacial score (nSPS) is 31.5. The molecule has 1 aliphatic rings. The quantitative estimate of drug-likeness (QED) is 0.740. The molecule has 1 aromatic rings. The molecule has 82 valence electrons. The van der Waals surface area contributed by atoms with E-state index in [4.69, 9.17) is 9.47 Å². The van der Waals surface area contributed by atoms with Crippen LogP contribution in [0.2, 0.25) is 0 Å². The highest BCUT2D eigenvalue weighted by atomic mass is 16.7. The monoisotopic (exact) mass is 206 g/mol. The van der Waals surface area contributed by atoms with Crippen molar-refractivity contribution in [3.63, 3.8) is 0 Å². The first-order valence-corrected chi connectivity index (χ1v) is 5.59. The highest BCUT2D eigenvalue weighted by Crippen LogP contribution is 2.20. The van der Waals surface area contributed by atoms with Crippen molar-refractivity contribution in [1.29, 1.82) is 0 Å². The molecule has 15 heavy (non-hydrogen) atoms. The Morgan fingerprint density at radius 1 is 1.07 bits per heavy atom. The number of hydrogen-bond donors (Lipinski definition) is 0. The number of ether oxygens (including phenoxy) is 2. The van der Waals surface area contributed by atoms with Crippen LogP contribution in [0.1, 0.15) is 25.8 Å². The summed E-state index contributed by atoms with van der Waals surface area (Å²) in [6, 6.07) is 10.3. The van der Waals surface area contributed by atoms with Gasteiger partial charge < -0.3 is 9.47 Å². The van der Waals surface area contributed by atoms with Gasteiger partial charge in [0.25, 0.3) is 0 Å². The average Bonchev–Trinajstić information content (AvgIpc) is 2.17. The maximum Gasteiger partial charge on any atom is 0.162 e. The molecule has 2 atom stereocenters. The summed E-state index contributed by atoms with van der Waals surface area (Å²) < 4.78 is 11.5. The van der Waals surface area contributed by atoms with E-state index in [2.05, 4.69) is 26.0 Å². The standard InChI is InChI=1S/C13H18O2/c1-10-8-11(2)15-13(14-10)9-12-6-4-3-5-7-12/h3-7,10-11,13H,8-9H2,1-2H3. The number of hydrogen-bond acceptors (Lipinski definition) is 2. The average molecular weight is 206 g/mol. The van der Waals surface area contributed by atoms with E-state index >= 15 is 0 Å². The number of rotatable bonds is 2. The lowest BCUT2D eigenvalue weighted by Gasteiger charge is -2.32. The lowest BCUT2D eigenvalue weighted by atomic mass is 10.1. The summed E-state index contributed by atoms with van der Waals surface area (Å²) in [6.07, 6.45) is 2.37. The Morgan fingerprint density at radius 3 is 2.27 bits per heavy atom. The minimum atomic E-state index is -0.0776. The molecule has 1 fully saturated rings. The van der Waals surface area contributed by atoms with E-state index in [9.17, 15) is 0 Å². The van der Waals surface area contributed by atoms with Gasteiger partial charge >= 0.3 is 0 Å². The van der Waals surface area contributed by atoms with Gasteiger partial charge in [-0.3, -0.25) is 0 Å². The fraction of sp³-hybridized carbons (Fsp3) is 0.538. The van der Waals surface area contributed by atoms with E-state index in [1.165, 1.54) is 5.56 Å². The van der Waals surface area contributed by atoms with Gasteiger partial charge in [-0.25, -0.2) is 0 Å². The summed E-state index contributed by atoms with van der Waals surface area (Å²) in [6.45, 7) is 4.22. The molecule has 0 spiro atoms. The Bertz CT molecular complexity index is 287. The van der Waals surface area contributed by atoms with Crippen molar-refractivity contribution in [2.75, 3.05) is 0 Å². The predicted molar refractivity (Wildman–Crippen MR) is 59.6 cm³/mol. The van der Waals surface area contributed by atoms with Crippen molar-refractivity contribution in [1.82, 2.24) is 0 Å². The van der Waals surface area contributed by atoms with E-state index in [1.54, 1.807) is 0 Å². The second kappa shape index (κ2) is 4.77. The molecule has 2 heteroatoms. The maximum absolute atomic E-state index is 5.74. The van der Waals surface area contributed by atoms with Crippen LogP contribution in [0.5, 0.6) is 0 Å². The second-order valence-corrected chi connectivity index (χ2v) is 4.25. The second-order valence-electron chi connectivity index (χ2n) is 4.25. The molecule has 0 bridgehead atoms. The fourth-order valence-corrected chi connectivity index (χ4v) is 2.03. The van der Waals surface area contributed by atoms with Crippen molar-refractivity contribution in [2.45, 2.75) is 45.2 Å². The van der Waals surface area contributed by atoms with Gasteiger partial charge in [-0.2, -0.15) is 0 Å². The van der Waals surface area contributed by atoms with E-state index in [0.29, 0.717) is 12.2 Å². The van der Waals surface area contributed by atoms with Crippen LogP contribution in [0.4, 0.5) is 0 Å². The molecule has 0 N–H and O–H groups in total. The van der Waals surface area contributed by atoms with Gasteiger partial charge in [0.2, 0.25) is 0 Å². The van der Waals surface area contributed by atoms with E-state index in [-0.39, 0.29) is 6.29 Å². The fourth-order valence-electron chi connectivity index (χ4n) is 2.03. The Labute approximate surface area is 91.2 Å². The first-order valence-electron chi connectivity index (χ1n) is 5.59. The minimum absolute atomic E-state index is 0.0776. The smallest absolute Gasteiger partial charge is 0.162 e. The summed E-state index contributed by atoms with van der Waals surface area (Å²) >= 11 is 0. The van der Waals surface area contributed by atoms with Crippen LogP contribution in [0, 0.1) is 0 Å². The van der Waals surface area contributed by atoms with Gasteiger partial charge in [-0.05, 0) is 25.8 Å². The van der Waals surface area contributed by atoms with E-state index in [0.717, 1.165) is 12.8 Å². The van der Waals surface area contributed by atoms with Crippen LogP contribution in [0.3, 0.4) is 0 Å². The largest absolute Gasteiger partial charge is 0.349 e. The Hall–Kier alpha value is -0.860. The van der Waals surface area contributed by atoms with Crippen LogP contribution in [-0.4, -0.2) is 18.5 Å². The Balaban J connectivity index is 1.94. The molecule has 1 heterocycles. The van der Waals surface area contributed by atoms with Gasteiger partial charge in [-0.15, -0.1) is 0 Å². The zero-order valence-electron chi connectivity index (χ0n) is 9.35. The molecule has 1 aliphatic heterocycles. The number of benzene rings is 1. The van der Waals surface area contributed by atoms with Crippen LogP contribution in [0.25, 0.3) is 0 Å². The molecule has 0 aliphatic carbocycles. The molecule has 1 aromatic carbocycles. The lowest BCUT2D eigenvalue weighted by molar-refractivity contribution is -0.232. The molecule has 1 saturated heterocycles. The summed E-state index contributed by atoms with van der Waals surface area (Å²) in [5, 5.41) is 0. The third kappa shape index (κ3) is 3.05. The Kier molecular flexibility index (Phi) is 3.39. The third-order valence-electron chi connectivity index (χ3n) is 2.68. The molecular formula is C13H18O2. The summed E-state index contributed by atoms with van der Waals surface area (Å²) in [4.78, 5) is 0. The highest BCUT2D eigenvalue weighted by Gasteiger charge is 2.24. The van der Waals surface area contributed by atoms with Gasteiger partial charge in [0.1, 0.15) is 0 Å².